The first-order valence-electron chi connectivity index (χ1n) is 6.25. The minimum Gasteiger partial charge on any atom is -0.357 e. The van der Waals surface area contributed by atoms with Gasteiger partial charge in [0.05, 0.1) is 5.52 Å². The number of fused-ring (bicyclic) bond motifs is 1. The molecule has 0 unspecified atom stereocenters. The van der Waals surface area contributed by atoms with Crippen LogP contribution in [0, 0.1) is 13.8 Å². The second kappa shape index (κ2) is 5.13. The van der Waals surface area contributed by atoms with Crippen LogP contribution in [0.2, 0.25) is 0 Å². The Balaban J connectivity index is 1.99. The molecule has 6 heteroatoms. The highest BCUT2D eigenvalue weighted by Crippen LogP contribution is 2.20. The summed E-state index contributed by atoms with van der Waals surface area (Å²) in [6.07, 6.45) is 1.47. The highest BCUT2D eigenvalue weighted by molar-refractivity contribution is 7.98. The Kier molecular flexibility index (Phi) is 3.31. The van der Waals surface area contributed by atoms with Gasteiger partial charge in [0.25, 0.3) is 0 Å². The van der Waals surface area contributed by atoms with Crippen molar-refractivity contribution in [3.05, 3.63) is 51.6 Å². The molecule has 0 aliphatic carbocycles. The Morgan fingerprint density at radius 1 is 1.25 bits per heavy atom. The number of hydrogen-bond donors (Lipinski definition) is 2. The summed E-state index contributed by atoms with van der Waals surface area (Å²) in [6.45, 7) is 4.01. The summed E-state index contributed by atoms with van der Waals surface area (Å²) < 4.78 is 0. The number of nitrogens with one attached hydrogen (secondary N) is 2. The van der Waals surface area contributed by atoms with E-state index >= 15 is 0 Å². The fourth-order valence-electron chi connectivity index (χ4n) is 2.25. The Hall–Kier alpha value is -2.08. The smallest absolute Gasteiger partial charge is 0.189 e. The van der Waals surface area contributed by atoms with Crippen LogP contribution in [0.1, 0.15) is 16.8 Å². The lowest BCUT2D eigenvalue weighted by atomic mass is 10.1. The molecule has 5 nitrogen and oxygen atoms in total. The molecular weight excluding hydrogens is 272 g/mol. The maximum absolute atomic E-state index is 12.2. The third kappa shape index (κ3) is 2.46. The first-order chi connectivity index (χ1) is 9.63. The molecule has 2 N–H and O–H groups in total. The van der Waals surface area contributed by atoms with Crippen molar-refractivity contribution < 1.29 is 0 Å². The molecule has 2 aromatic heterocycles. The summed E-state index contributed by atoms with van der Waals surface area (Å²) in [5.74, 6) is 0.647. The molecule has 0 radical (unpaired) electrons. The van der Waals surface area contributed by atoms with Crippen LogP contribution in [-0.2, 0) is 5.75 Å². The Morgan fingerprint density at radius 3 is 2.85 bits per heavy atom. The molecule has 3 aromatic rings. The van der Waals surface area contributed by atoms with Gasteiger partial charge in [-0.15, -0.1) is 0 Å². The van der Waals surface area contributed by atoms with Crippen molar-refractivity contribution >= 4 is 22.7 Å². The molecule has 1 aromatic carbocycles. The van der Waals surface area contributed by atoms with Gasteiger partial charge in [-0.05, 0) is 31.0 Å². The van der Waals surface area contributed by atoms with Crippen LogP contribution >= 0.6 is 11.8 Å². The van der Waals surface area contributed by atoms with Crippen molar-refractivity contribution in [2.24, 2.45) is 0 Å². The lowest BCUT2D eigenvalue weighted by Crippen LogP contribution is -2.06. The van der Waals surface area contributed by atoms with Crippen molar-refractivity contribution in [1.82, 2.24) is 20.2 Å². The molecule has 102 valence electrons. The molecule has 20 heavy (non-hydrogen) atoms. The van der Waals surface area contributed by atoms with E-state index in [1.165, 1.54) is 18.1 Å². The number of pyridine rings is 1. The molecule has 0 saturated heterocycles. The lowest BCUT2D eigenvalue weighted by Gasteiger charge is -2.07. The Morgan fingerprint density at radius 2 is 2.10 bits per heavy atom. The number of H-pyrrole nitrogens is 2. The standard InChI is InChI=1S/C14H14N4OS/c1-8-3-9(2)13-11(4-8)12(19)5-10(17-13)6-20-14-15-7-16-18-14/h3-5,7H,6H2,1-2H3,(H,17,19)(H,15,16,18). The molecule has 0 atom stereocenters. The average Bonchev–Trinajstić information content (AvgIpc) is 2.91. The Bertz CT molecular complexity index is 808. The maximum Gasteiger partial charge on any atom is 0.189 e. The summed E-state index contributed by atoms with van der Waals surface area (Å²) in [5.41, 5.74) is 4.04. The fraction of sp³-hybridized carbons (Fsp3) is 0.214. The van der Waals surface area contributed by atoms with Crippen LogP contribution in [-0.4, -0.2) is 20.2 Å². The normalized spacial score (nSPS) is 11.1. The molecule has 0 fully saturated rings. The van der Waals surface area contributed by atoms with E-state index in [1.54, 1.807) is 6.07 Å². The minimum absolute atomic E-state index is 0.0544. The van der Waals surface area contributed by atoms with Crippen molar-refractivity contribution in [2.75, 3.05) is 0 Å². The van der Waals surface area contributed by atoms with Crippen LogP contribution in [0.4, 0.5) is 0 Å². The summed E-state index contributed by atoms with van der Waals surface area (Å²) in [5, 5.41) is 8.07. The zero-order chi connectivity index (χ0) is 14.1. The molecule has 2 heterocycles. The molecule has 0 aliphatic heterocycles. The van der Waals surface area contributed by atoms with E-state index in [0.717, 1.165) is 32.9 Å². The van der Waals surface area contributed by atoms with E-state index in [0.29, 0.717) is 5.75 Å². The summed E-state index contributed by atoms with van der Waals surface area (Å²) in [7, 11) is 0. The second-order valence-electron chi connectivity index (χ2n) is 4.74. The van der Waals surface area contributed by atoms with E-state index in [4.69, 9.17) is 0 Å². The average molecular weight is 286 g/mol. The topological polar surface area (TPSA) is 74.4 Å². The van der Waals surface area contributed by atoms with E-state index in [2.05, 4.69) is 26.2 Å². The number of aryl methyl sites for hydroxylation is 2. The second-order valence-corrected chi connectivity index (χ2v) is 5.71. The molecule has 0 amide bonds. The zero-order valence-electron chi connectivity index (χ0n) is 11.2. The molecule has 0 spiro atoms. The van der Waals surface area contributed by atoms with Gasteiger partial charge in [0.15, 0.2) is 10.6 Å². The van der Waals surface area contributed by atoms with Crippen LogP contribution in [0.25, 0.3) is 10.9 Å². The minimum atomic E-state index is 0.0544. The summed E-state index contributed by atoms with van der Waals surface area (Å²) >= 11 is 1.51. The molecule has 0 bridgehead atoms. The van der Waals surface area contributed by atoms with Gasteiger partial charge in [-0.25, -0.2) is 4.98 Å². The van der Waals surface area contributed by atoms with Gasteiger partial charge in [0.2, 0.25) is 0 Å². The van der Waals surface area contributed by atoms with Gasteiger partial charge >= 0.3 is 0 Å². The number of aromatic amines is 2. The van der Waals surface area contributed by atoms with Gasteiger partial charge < -0.3 is 4.98 Å². The third-order valence-electron chi connectivity index (χ3n) is 3.09. The van der Waals surface area contributed by atoms with Crippen LogP contribution < -0.4 is 5.43 Å². The van der Waals surface area contributed by atoms with Crippen molar-refractivity contribution in [1.29, 1.82) is 0 Å². The first-order valence-corrected chi connectivity index (χ1v) is 7.23. The monoisotopic (exact) mass is 286 g/mol. The highest BCUT2D eigenvalue weighted by Gasteiger charge is 2.06. The van der Waals surface area contributed by atoms with Crippen LogP contribution in [0.5, 0.6) is 0 Å². The third-order valence-corrected chi connectivity index (χ3v) is 4.02. The number of rotatable bonds is 3. The summed E-state index contributed by atoms with van der Waals surface area (Å²) in [4.78, 5) is 19.6. The van der Waals surface area contributed by atoms with Gasteiger partial charge in [0.1, 0.15) is 6.33 Å². The van der Waals surface area contributed by atoms with Crippen molar-refractivity contribution in [3.8, 4) is 0 Å². The van der Waals surface area contributed by atoms with Crippen molar-refractivity contribution in [2.45, 2.75) is 24.8 Å². The molecule has 0 saturated carbocycles. The van der Waals surface area contributed by atoms with E-state index in [9.17, 15) is 4.79 Å². The number of thioether (sulfide) groups is 1. The SMILES string of the molecule is Cc1cc(C)c2[nH]c(CSc3ncn[nH]3)cc(=O)c2c1. The number of benzene rings is 1. The van der Waals surface area contributed by atoms with Gasteiger partial charge in [-0.2, -0.15) is 5.10 Å². The quantitative estimate of drug-likeness (QED) is 0.726. The predicted molar refractivity (Wildman–Crippen MR) is 80.0 cm³/mol. The fourth-order valence-corrected chi connectivity index (χ4v) is 2.93. The predicted octanol–water partition coefficient (Wildman–Crippen LogP) is 2.56. The van der Waals surface area contributed by atoms with Gasteiger partial charge in [-0.3, -0.25) is 9.89 Å². The molecular formula is C14H14N4OS. The maximum atomic E-state index is 12.2. The summed E-state index contributed by atoms with van der Waals surface area (Å²) in [6, 6.07) is 5.66. The van der Waals surface area contributed by atoms with Gasteiger partial charge in [0, 0.05) is 22.9 Å². The van der Waals surface area contributed by atoms with Crippen molar-refractivity contribution in [3.63, 3.8) is 0 Å². The number of aromatic nitrogens is 4. The van der Waals surface area contributed by atoms with Crippen LogP contribution in [0.3, 0.4) is 0 Å². The zero-order valence-corrected chi connectivity index (χ0v) is 12.0. The number of nitrogens with zero attached hydrogens (tertiary/aromatic N) is 2. The van der Waals surface area contributed by atoms with E-state index < -0.39 is 0 Å². The lowest BCUT2D eigenvalue weighted by molar-refractivity contribution is 0.971. The number of hydrogen-bond acceptors (Lipinski definition) is 4. The van der Waals surface area contributed by atoms with E-state index in [-0.39, 0.29) is 5.43 Å². The Labute approximate surface area is 119 Å². The van der Waals surface area contributed by atoms with E-state index in [1.807, 2.05) is 19.9 Å². The highest BCUT2D eigenvalue weighted by atomic mass is 32.2. The largest absolute Gasteiger partial charge is 0.357 e. The molecule has 3 rings (SSSR count). The van der Waals surface area contributed by atoms with Crippen LogP contribution in [0.15, 0.2) is 34.5 Å². The first kappa shape index (κ1) is 12.9. The molecule has 0 aliphatic rings. The van der Waals surface area contributed by atoms with Gasteiger partial charge in [-0.1, -0.05) is 17.8 Å².